The lowest BCUT2D eigenvalue weighted by atomic mass is 10.1. The molecule has 0 bridgehead atoms. The third-order valence-electron chi connectivity index (χ3n) is 3.99. The van der Waals surface area contributed by atoms with E-state index in [-0.39, 0.29) is 24.0 Å². The van der Waals surface area contributed by atoms with Gasteiger partial charge in [-0.2, -0.15) is 0 Å². The maximum atomic E-state index is 4.27. The van der Waals surface area contributed by atoms with Crippen LogP contribution in [-0.2, 0) is 6.54 Å². The van der Waals surface area contributed by atoms with Gasteiger partial charge < -0.3 is 20.1 Å². The summed E-state index contributed by atoms with van der Waals surface area (Å²) in [6.07, 6.45) is 9.81. The molecule has 7 nitrogen and oxygen atoms in total. The first-order chi connectivity index (χ1) is 10.9. The Morgan fingerprint density at radius 3 is 2.39 bits per heavy atom. The summed E-state index contributed by atoms with van der Waals surface area (Å²) in [5.74, 6) is 0.904. The molecule has 1 aliphatic heterocycles. The number of hydrogen-bond acceptors (Lipinski definition) is 4. The summed E-state index contributed by atoms with van der Waals surface area (Å²) in [7, 11) is 1.83. The van der Waals surface area contributed by atoms with Crippen molar-refractivity contribution in [2.75, 3.05) is 39.8 Å². The predicted molar refractivity (Wildman–Crippen MR) is 104 cm³/mol. The van der Waals surface area contributed by atoms with E-state index in [0.29, 0.717) is 0 Å². The molecule has 0 saturated carbocycles. The molecule has 23 heavy (non-hydrogen) atoms. The highest BCUT2D eigenvalue weighted by atomic mass is 127. The number of likely N-dealkylation sites (tertiary alicyclic amines) is 1. The fourth-order valence-electron chi connectivity index (χ4n) is 2.70. The van der Waals surface area contributed by atoms with E-state index in [9.17, 15) is 0 Å². The Morgan fingerprint density at radius 1 is 1.00 bits per heavy atom. The highest BCUT2D eigenvalue weighted by Gasteiger charge is 2.09. The maximum absolute atomic E-state index is 4.27. The summed E-state index contributed by atoms with van der Waals surface area (Å²) in [5, 5.41) is 14.4. The Hall–Kier alpha value is -0.900. The molecule has 0 spiro atoms. The van der Waals surface area contributed by atoms with Crippen molar-refractivity contribution in [3.05, 3.63) is 12.7 Å². The average molecular weight is 435 g/mol. The maximum Gasteiger partial charge on any atom is 0.191 e. The van der Waals surface area contributed by atoms with Crippen LogP contribution in [0.1, 0.15) is 32.1 Å². The summed E-state index contributed by atoms with van der Waals surface area (Å²) in [6.45, 7) is 6.46. The van der Waals surface area contributed by atoms with Gasteiger partial charge in [0.1, 0.15) is 12.7 Å². The molecule has 1 saturated heterocycles. The smallest absolute Gasteiger partial charge is 0.191 e. The third-order valence-corrected chi connectivity index (χ3v) is 3.99. The Labute approximate surface area is 156 Å². The van der Waals surface area contributed by atoms with Crippen molar-refractivity contribution < 1.29 is 0 Å². The second-order valence-corrected chi connectivity index (χ2v) is 5.73. The standard InChI is InChI=1S/C15H29N7.HI/c1-16-15(18-8-12-21-9-4-2-5-10-21)17-7-3-6-11-22-13-19-20-14-22;/h13-14H,2-12H2,1H3,(H2,16,17,18);1H. The molecule has 1 aromatic heterocycles. The molecule has 1 aliphatic rings. The van der Waals surface area contributed by atoms with Crippen LogP contribution >= 0.6 is 24.0 Å². The molecule has 0 atom stereocenters. The Morgan fingerprint density at radius 2 is 1.70 bits per heavy atom. The van der Waals surface area contributed by atoms with Crippen LogP contribution in [0.5, 0.6) is 0 Å². The van der Waals surface area contributed by atoms with Gasteiger partial charge >= 0.3 is 0 Å². The Kier molecular flexibility index (Phi) is 11.0. The van der Waals surface area contributed by atoms with Crippen molar-refractivity contribution >= 4 is 29.9 Å². The lowest BCUT2D eigenvalue weighted by molar-refractivity contribution is 0.232. The van der Waals surface area contributed by atoms with Crippen LogP contribution in [0.2, 0.25) is 0 Å². The lowest BCUT2D eigenvalue weighted by Crippen LogP contribution is -2.42. The summed E-state index contributed by atoms with van der Waals surface area (Å²) in [6, 6.07) is 0. The molecule has 1 aromatic rings. The first kappa shape index (κ1) is 20.1. The molecule has 8 heteroatoms. The number of unbranched alkanes of at least 4 members (excludes halogenated alkanes) is 1. The van der Waals surface area contributed by atoms with Crippen molar-refractivity contribution in [1.82, 2.24) is 30.3 Å². The SMILES string of the molecule is CN=C(NCCCCn1cnnc1)NCCN1CCCCC1.I. The van der Waals surface area contributed by atoms with Crippen LogP contribution in [0, 0.1) is 0 Å². The number of nitrogens with zero attached hydrogens (tertiary/aromatic N) is 5. The van der Waals surface area contributed by atoms with Crippen molar-refractivity contribution in [2.45, 2.75) is 38.6 Å². The van der Waals surface area contributed by atoms with Gasteiger partial charge in [-0.25, -0.2) is 0 Å². The van der Waals surface area contributed by atoms with E-state index in [2.05, 4.69) is 30.7 Å². The molecule has 2 rings (SSSR count). The highest BCUT2D eigenvalue weighted by molar-refractivity contribution is 14.0. The van der Waals surface area contributed by atoms with E-state index in [1.54, 1.807) is 12.7 Å². The molecule has 0 radical (unpaired) electrons. The number of aliphatic imine (C=N–C) groups is 1. The second-order valence-electron chi connectivity index (χ2n) is 5.73. The van der Waals surface area contributed by atoms with Gasteiger partial charge in [0.05, 0.1) is 0 Å². The summed E-state index contributed by atoms with van der Waals surface area (Å²) >= 11 is 0. The molecule has 2 heterocycles. The molecular weight excluding hydrogens is 405 g/mol. The van der Waals surface area contributed by atoms with Gasteiger partial charge in [-0.05, 0) is 38.8 Å². The van der Waals surface area contributed by atoms with E-state index >= 15 is 0 Å². The monoisotopic (exact) mass is 435 g/mol. The number of rotatable bonds is 8. The fourth-order valence-corrected chi connectivity index (χ4v) is 2.70. The molecule has 2 N–H and O–H groups in total. The van der Waals surface area contributed by atoms with Crippen LogP contribution in [0.3, 0.4) is 0 Å². The molecule has 0 aliphatic carbocycles. The average Bonchev–Trinajstić information content (AvgIpc) is 3.07. The van der Waals surface area contributed by atoms with Gasteiger partial charge in [0.2, 0.25) is 0 Å². The lowest BCUT2D eigenvalue weighted by Gasteiger charge is -2.26. The zero-order valence-corrected chi connectivity index (χ0v) is 16.4. The number of nitrogens with one attached hydrogen (secondary N) is 2. The second kappa shape index (κ2) is 12.5. The van der Waals surface area contributed by atoms with Gasteiger partial charge in [-0.1, -0.05) is 6.42 Å². The minimum absolute atomic E-state index is 0. The number of aryl methyl sites for hydroxylation is 1. The highest BCUT2D eigenvalue weighted by Crippen LogP contribution is 2.07. The van der Waals surface area contributed by atoms with E-state index in [0.717, 1.165) is 45.0 Å². The fraction of sp³-hybridized carbons (Fsp3) is 0.800. The minimum atomic E-state index is 0. The molecule has 0 aromatic carbocycles. The Bertz CT molecular complexity index is 415. The molecule has 132 valence electrons. The zero-order chi connectivity index (χ0) is 15.5. The third kappa shape index (κ3) is 8.50. The number of guanidine groups is 1. The molecule has 1 fully saturated rings. The number of piperidine rings is 1. The summed E-state index contributed by atoms with van der Waals surface area (Å²) in [5.41, 5.74) is 0. The van der Waals surface area contributed by atoms with Crippen molar-refractivity contribution in [3.63, 3.8) is 0 Å². The summed E-state index contributed by atoms with van der Waals surface area (Å²) < 4.78 is 2.01. The van der Waals surface area contributed by atoms with Crippen molar-refractivity contribution in [2.24, 2.45) is 4.99 Å². The summed E-state index contributed by atoms with van der Waals surface area (Å²) in [4.78, 5) is 6.80. The van der Waals surface area contributed by atoms with Gasteiger partial charge in [0.25, 0.3) is 0 Å². The number of halogens is 1. The van der Waals surface area contributed by atoms with E-state index in [4.69, 9.17) is 0 Å². The van der Waals surface area contributed by atoms with E-state index in [1.807, 2.05) is 11.6 Å². The van der Waals surface area contributed by atoms with E-state index < -0.39 is 0 Å². The van der Waals surface area contributed by atoms with Gasteiger partial charge in [0.15, 0.2) is 5.96 Å². The van der Waals surface area contributed by atoms with Gasteiger partial charge in [-0.15, -0.1) is 34.2 Å². The number of hydrogen-bond donors (Lipinski definition) is 2. The van der Waals surface area contributed by atoms with Crippen LogP contribution in [0.25, 0.3) is 0 Å². The van der Waals surface area contributed by atoms with E-state index in [1.165, 1.54) is 32.4 Å². The molecular formula is C15H30IN7. The van der Waals surface area contributed by atoms with Crippen LogP contribution < -0.4 is 10.6 Å². The molecule has 0 unspecified atom stereocenters. The van der Waals surface area contributed by atoms with Crippen LogP contribution in [0.4, 0.5) is 0 Å². The molecule has 0 amide bonds. The zero-order valence-electron chi connectivity index (χ0n) is 14.1. The first-order valence-corrected chi connectivity index (χ1v) is 8.38. The van der Waals surface area contributed by atoms with Gasteiger partial charge in [-0.3, -0.25) is 4.99 Å². The van der Waals surface area contributed by atoms with Crippen molar-refractivity contribution in [1.29, 1.82) is 0 Å². The topological polar surface area (TPSA) is 70.4 Å². The van der Waals surface area contributed by atoms with Gasteiger partial charge in [0, 0.05) is 33.2 Å². The van der Waals surface area contributed by atoms with Crippen molar-refractivity contribution in [3.8, 4) is 0 Å². The largest absolute Gasteiger partial charge is 0.356 e. The quantitative estimate of drug-likeness (QED) is 0.279. The number of aromatic nitrogens is 3. The normalized spacial score (nSPS) is 16.0. The first-order valence-electron chi connectivity index (χ1n) is 8.38. The Balaban J connectivity index is 0.00000264. The van der Waals surface area contributed by atoms with Crippen LogP contribution in [-0.4, -0.2) is 65.4 Å². The predicted octanol–water partition coefficient (Wildman–Crippen LogP) is 1.33. The minimum Gasteiger partial charge on any atom is -0.356 e. The van der Waals surface area contributed by atoms with Crippen LogP contribution in [0.15, 0.2) is 17.6 Å².